The summed E-state index contributed by atoms with van der Waals surface area (Å²) in [6.45, 7) is 9.05. The number of benzene rings is 1. The quantitative estimate of drug-likeness (QED) is 0.557. The van der Waals surface area contributed by atoms with Gasteiger partial charge in [0.1, 0.15) is 6.10 Å². The van der Waals surface area contributed by atoms with Crippen LogP contribution in [0.5, 0.6) is 0 Å². The van der Waals surface area contributed by atoms with Gasteiger partial charge in [0.15, 0.2) is 5.96 Å². The Hall–Kier alpha value is -1.63. The van der Waals surface area contributed by atoms with Crippen molar-refractivity contribution in [3.05, 3.63) is 35.4 Å². The molecule has 1 aromatic carbocycles. The molecule has 0 saturated carbocycles. The van der Waals surface area contributed by atoms with Crippen LogP contribution < -0.4 is 5.32 Å². The van der Waals surface area contributed by atoms with Crippen LogP contribution >= 0.6 is 0 Å². The molecular formula is C21H36N4O2. The smallest absolute Gasteiger partial charge is 0.193 e. The number of aryl methyl sites for hydroxylation is 1. The van der Waals surface area contributed by atoms with Crippen molar-refractivity contribution in [2.45, 2.75) is 32.5 Å². The second-order valence-corrected chi connectivity index (χ2v) is 7.26. The van der Waals surface area contributed by atoms with Gasteiger partial charge in [-0.3, -0.25) is 4.99 Å². The molecule has 6 nitrogen and oxygen atoms in total. The number of nitrogens with zero attached hydrogens (tertiary/aromatic N) is 3. The molecule has 1 heterocycles. The molecule has 0 bridgehead atoms. The average molecular weight is 377 g/mol. The summed E-state index contributed by atoms with van der Waals surface area (Å²) in [6, 6.07) is 8.45. The molecule has 2 rings (SSSR count). The van der Waals surface area contributed by atoms with E-state index in [1.54, 1.807) is 0 Å². The predicted molar refractivity (Wildman–Crippen MR) is 111 cm³/mol. The fourth-order valence-corrected chi connectivity index (χ4v) is 3.40. The standard InChI is InChI=1S/C21H36N4O2/c1-6-26-18(11-12-24(4)5)15-23-21(22-3)25-13-14-27-20(16-25)19-10-8-7-9-17(19)2/h7-10,18,20H,6,11-16H2,1-5H3,(H,22,23). The number of rotatable bonds is 8. The van der Waals surface area contributed by atoms with Crippen LogP contribution in [0, 0.1) is 6.92 Å². The minimum Gasteiger partial charge on any atom is -0.377 e. The molecule has 1 fully saturated rings. The molecule has 1 aromatic rings. The molecule has 1 saturated heterocycles. The SMILES string of the molecule is CCOC(CCN(C)C)CNC(=NC)N1CCOC(c2ccccc2C)C1. The molecule has 0 amide bonds. The van der Waals surface area contributed by atoms with E-state index in [0.29, 0.717) is 6.61 Å². The van der Waals surface area contributed by atoms with E-state index in [1.165, 1.54) is 11.1 Å². The summed E-state index contributed by atoms with van der Waals surface area (Å²) < 4.78 is 11.9. The Labute approximate surface area is 164 Å². The third-order valence-corrected chi connectivity index (χ3v) is 4.90. The van der Waals surface area contributed by atoms with Gasteiger partial charge in [-0.15, -0.1) is 0 Å². The van der Waals surface area contributed by atoms with E-state index in [-0.39, 0.29) is 12.2 Å². The number of morpholine rings is 1. The maximum atomic E-state index is 6.04. The van der Waals surface area contributed by atoms with Gasteiger partial charge in [-0.25, -0.2) is 0 Å². The van der Waals surface area contributed by atoms with Crippen molar-refractivity contribution < 1.29 is 9.47 Å². The van der Waals surface area contributed by atoms with Gasteiger partial charge in [0.2, 0.25) is 0 Å². The van der Waals surface area contributed by atoms with Gasteiger partial charge in [-0.1, -0.05) is 24.3 Å². The van der Waals surface area contributed by atoms with E-state index in [1.807, 2.05) is 14.0 Å². The zero-order valence-electron chi connectivity index (χ0n) is 17.6. The van der Waals surface area contributed by atoms with E-state index in [9.17, 15) is 0 Å². The molecule has 1 N–H and O–H groups in total. The molecule has 152 valence electrons. The zero-order valence-corrected chi connectivity index (χ0v) is 17.6. The van der Waals surface area contributed by atoms with Crippen LogP contribution in [-0.4, -0.2) is 82.4 Å². The minimum absolute atomic E-state index is 0.0786. The zero-order chi connectivity index (χ0) is 19.6. The fourth-order valence-electron chi connectivity index (χ4n) is 3.40. The molecule has 1 aliphatic heterocycles. The first-order valence-corrected chi connectivity index (χ1v) is 9.94. The number of ether oxygens (including phenoxy) is 2. The van der Waals surface area contributed by atoms with Gasteiger partial charge < -0.3 is 24.6 Å². The molecule has 2 unspecified atom stereocenters. The Kier molecular flexibility index (Phi) is 9.04. The Bertz CT molecular complexity index is 591. The van der Waals surface area contributed by atoms with Crippen molar-refractivity contribution in [1.29, 1.82) is 0 Å². The van der Waals surface area contributed by atoms with Crippen LogP contribution in [0.4, 0.5) is 0 Å². The second-order valence-electron chi connectivity index (χ2n) is 7.26. The van der Waals surface area contributed by atoms with Crippen molar-refractivity contribution in [1.82, 2.24) is 15.1 Å². The summed E-state index contributed by atoms with van der Waals surface area (Å²) in [5.41, 5.74) is 2.53. The van der Waals surface area contributed by atoms with Crippen LogP contribution in [0.3, 0.4) is 0 Å². The normalized spacial score (nSPS) is 19.4. The molecule has 6 heteroatoms. The molecule has 0 spiro atoms. The van der Waals surface area contributed by atoms with Crippen LogP contribution in [0.25, 0.3) is 0 Å². The molecule has 2 atom stereocenters. The molecule has 1 aliphatic rings. The van der Waals surface area contributed by atoms with E-state index in [0.717, 1.165) is 45.2 Å². The first-order valence-electron chi connectivity index (χ1n) is 9.94. The van der Waals surface area contributed by atoms with Crippen LogP contribution in [-0.2, 0) is 9.47 Å². The lowest BCUT2D eigenvalue weighted by molar-refractivity contribution is -0.00884. The fraction of sp³-hybridized carbons (Fsp3) is 0.667. The van der Waals surface area contributed by atoms with Gasteiger partial charge in [0, 0.05) is 33.3 Å². The Balaban J connectivity index is 1.94. The largest absolute Gasteiger partial charge is 0.377 e. The Morgan fingerprint density at radius 3 is 2.85 bits per heavy atom. The minimum atomic E-state index is 0.0786. The van der Waals surface area contributed by atoms with E-state index in [2.05, 4.69) is 65.4 Å². The lowest BCUT2D eigenvalue weighted by atomic mass is 10.0. The van der Waals surface area contributed by atoms with Crippen molar-refractivity contribution in [3.8, 4) is 0 Å². The Morgan fingerprint density at radius 1 is 1.41 bits per heavy atom. The molecule has 0 aliphatic carbocycles. The highest BCUT2D eigenvalue weighted by molar-refractivity contribution is 5.80. The molecule has 27 heavy (non-hydrogen) atoms. The predicted octanol–water partition coefficient (Wildman–Crippen LogP) is 2.30. The molecule has 0 radical (unpaired) electrons. The lowest BCUT2D eigenvalue weighted by Crippen LogP contribution is -2.50. The van der Waals surface area contributed by atoms with Crippen molar-refractivity contribution in [2.24, 2.45) is 4.99 Å². The van der Waals surface area contributed by atoms with Crippen molar-refractivity contribution in [2.75, 3.05) is 60.5 Å². The van der Waals surface area contributed by atoms with Gasteiger partial charge in [-0.2, -0.15) is 0 Å². The molecule has 0 aromatic heterocycles. The first kappa shape index (κ1) is 21.7. The van der Waals surface area contributed by atoms with E-state index >= 15 is 0 Å². The maximum Gasteiger partial charge on any atom is 0.193 e. The Morgan fingerprint density at radius 2 is 2.19 bits per heavy atom. The third kappa shape index (κ3) is 6.79. The summed E-state index contributed by atoms with van der Waals surface area (Å²) in [5, 5.41) is 3.51. The number of hydrogen-bond acceptors (Lipinski definition) is 4. The first-order chi connectivity index (χ1) is 13.0. The van der Waals surface area contributed by atoms with Crippen molar-refractivity contribution in [3.63, 3.8) is 0 Å². The molecular weight excluding hydrogens is 340 g/mol. The summed E-state index contributed by atoms with van der Waals surface area (Å²) in [4.78, 5) is 8.98. The highest BCUT2D eigenvalue weighted by atomic mass is 16.5. The van der Waals surface area contributed by atoms with Crippen LogP contribution in [0.1, 0.15) is 30.6 Å². The number of aliphatic imine (C=N–C) groups is 1. The number of nitrogens with one attached hydrogen (secondary N) is 1. The highest BCUT2D eigenvalue weighted by Gasteiger charge is 2.25. The maximum absolute atomic E-state index is 6.04. The monoisotopic (exact) mass is 376 g/mol. The summed E-state index contributed by atoms with van der Waals surface area (Å²) in [7, 11) is 6.03. The summed E-state index contributed by atoms with van der Waals surface area (Å²) in [5.74, 6) is 0.923. The second kappa shape index (κ2) is 11.3. The van der Waals surface area contributed by atoms with Crippen LogP contribution in [0.2, 0.25) is 0 Å². The third-order valence-electron chi connectivity index (χ3n) is 4.90. The van der Waals surface area contributed by atoms with Gasteiger partial charge >= 0.3 is 0 Å². The van der Waals surface area contributed by atoms with E-state index < -0.39 is 0 Å². The summed E-state index contributed by atoms with van der Waals surface area (Å²) in [6.07, 6.45) is 1.26. The topological polar surface area (TPSA) is 49.3 Å². The van der Waals surface area contributed by atoms with Gasteiger partial charge in [-0.05, 0) is 45.5 Å². The lowest BCUT2D eigenvalue weighted by Gasteiger charge is -2.36. The number of guanidine groups is 1. The van der Waals surface area contributed by atoms with Gasteiger partial charge in [0.25, 0.3) is 0 Å². The van der Waals surface area contributed by atoms with Gasteiger partial charge in [0.05, 0.1) is 19.3 Å². The van der Waals surface area contributed by atoms with E-state index in [4.69, 9.17) is 9.47 Å². The average Bonchev–Trinajstić information content (AvgIpc) is 2.67. The highest BCUT2D eigenvalue weighted by Crippen LogP contribution is 2.24. The number of hydrogen-bond donors (Lipinski definition) is 1. The van der Waals surface area contributed by atoms with Crippen molar-refractivity contribution >= 4 is 5.96 Å². The summed E-state index contributed by atoms with van der Waals surface area (Å²) >= 11 is 0. The van der Waals surface area contributed by atoms with Crippen LogP contribution in [0.15, 0.2) is 29.3 Å².